The topological polar surface area (TPSA) is 38.3 Å². The van der Waals surface area contributed by atoms with Gasteiger partial charge >= 0.3 is 6.09 Å². The van der Waals surface area contributed by atoms with Gasteiger partial charge in [-0.25, -0.2) is 4.79 Å². The zero-order chi connectivity index (χ0) is 13.7. The Morgan fingerprint density at radius 1 is 1.21 bits per heavy atom. The molecular weight excluding hydrogens is 421 g/mol. The molecule has 2 aromatic carbocycles. The molecular formula is C14H11BrINO2. The van der Waals surface area contributed by atoms with E-state index in [1.807, 2.05) is 48.5 Å². The van der Waals surface area contributed by atoms with Crippen LogP contribution in [0, 0.1) is 3.57 Å². The summed E-state index contributed by atoms with van der Waals surface area (Å²) in [4.78, 5) is 11.7. The molecule has 0 aromatic heterocycles. The molecule has 0 aliphatic heterocycles. The number of benzene rings is 2. The second kappa shape index (κ2) is 6.91. The lowest BCUT2D eigenvalue weighted by Gasteiger charge is -2.08. The fraction of sp³-hybridized carbons (Fsp3) is 0.0714. The van der Waals surface area contributed by atoms with Crippen LogP contribution < -0.4 is 5.32 Å². The molecule has 0 atom stereocenters. The van der Waals surface area contributed by atoms with Gasteiger partial charge in [-0.05, 0) is 46.4 Å². The third kappa shape index (κ3) is 4.83. The molecule has 0 aliphatic rings. The monoisotopic (exact) mass is 431 g/mol. The molecule has 2 aromatic rings. The highest BCUT2D eigenvalue weighted by atomic mass is 127. The van der Waals surface area contributed by atoms with E-state index in [4.69, 9.17) is 4.74 Å². The number of carbonyl (C=O) groups excluding carboxylic acids is 1. The molecule has 1 N–H and O–H groups in total. The van der Waals surface area contributed by atoms with Gasteiger partial charge in [0.15, 0.2) is 0 Å². The van der Waals surface area contributed by atoms with Crippen LogP contribution in [0.25, 0.3) is 0 Å². The number of ether oxygens (including phenoxy) is 1. The summed E-state index contributed by atoms with van der Waals surface area (Å²) in [7, 11) is 0. The number of halogens is 2. The fourth-order valence-corrected chi connectivity index (χ4v) is 3.10. The number of amides is 1. The molecule has 3 nitrogen and oxygen atoms in total. The maximum Gasteiger partial charge on any atom is 0.411 e. The fourth-order valence-electron chi connectivity index (χ4n) is 1.50. The van der Waals surface area contributed by atoms with Crippen LogP contribution in [0.3, 0.4) is 0 Å². The van der Waals surface area contributed by atoms with E-state index in [2.05, 4.69) is 43.8 Å². The quantitative estimate of drug-likeness (QED) is 0.708. The lowest BCUT2D eigenvalue weighted by molar-refractivity contribution is 0.155. The number of nitrogens with one attached hydrogen (secondary N) is 1. The number of rotatable bonds is 3. The zero-order valence-electron chi connectivity index (χ0n) is 9.90. The van der Waals surface area contributed by atoms with Crippen LogP contribution in [0.15, 0.2) is 53.0 Å². The van der Waals surface area contributed by atoms with Gasteiger partial charge in [0.25, 0.3) is 0 Å². The Balaban J connectivity index is 1.91. The molecule has 19 heavy (non-hydrogen) atoms. The van der Waals surface area contributed by atoms with E-state index in [0.29, 0.717) is 5.69 Å². The Morgan fingerprint density at radius 2 is 1.95 bits per heavy atom. The minimum Gasteiger partial charge on any atom is -0.444 e. The summed E-state index contributed by atoms with van der Waals surface area (Å²) in [6.07, 6.45) is -0.460. The van der Waals surface area contributed by atoms with E-state index in [1.54, 1.807) is 0 Å². The molecule has 0 saturated carbocycles. The van der Waals surface area contributed by atoms with Crippen molar-refractivity contribution >= 4 is 50.3 Å². The van der Waals surface area contributed by atoms with Gasteiger partial charge in [0.2, 0.25) is 0 Å². The number of hydrogen-bond acceptors (Lipinski definition) is 2. The molecule has 0 heterocycles. The van der Waals surface area contributed by atoms with Crippen LogP contribution in [0.2, 0.25) is 0 Å². The molecule has 0 aliphatic carbocycles. The van der Waals surface area contributed by atoms with E-state index in [-0.39, 0.29) is 6.61 Å². The average Bonchev–Trinajstić information content (AvgIpc) is 2.36. The minimum absolute atomic E-state index is 0.262. The maximum absolute atomic E-state index is 11.7. The lowest BCUT2D eigenvalue weighted by Crippen LogP contribution is -2.13. The Hall–Kier alpha value is -1.08. The molecule has 0 bridgehead atoms. The van der Waals surface area contributed by atoms with Crippen molar-refractivity contribution in [3.8, 4) is 0 Å². The predicted octanol–water partition coefficient (Wildman–Crippen LogP) is 4.80. The largest absolute Gasteiger partial charge is 0.444 e. The van der Waals surface area contributed by atoms with Crippen LogP contribution in [-0.2, 0) is 11.3 Å². The Morgan fingerprint density at radius 3 is 2.63 bits per heavy atom. The Kier molecular flexibility index (Phi) is 5.21. The third-order valence-corrected chi connectivity index (χ3v) is 3.40. The first-order valence-corrected chi connectivity index (χ1v) is 7.44. The highest BCUT2D eigenvalue weighted by molar-refractivity contribution is 14.1. The van der Waals surface area contributed by atoms with Crippen LogP contribution in [0.4, 0.5) is 10.5 Å². The van der Waals surface area contributed by atoms with Crippen LogP contribution >= 0.6 is 38.5 Å². The van der Waals surface area contributed by atoms with Crippen molar-refractivity contribution in [1.29, 1.82) is 0 Å². The van der Waals surface area contributed by atoms with Gasteiger partial charge in [-0.3, -0.25) is 5.32 Å². The second-order valence-electron chi connectivity index (χ2n) is 3.84. The molecule has 0 saturated heterocycles. The van der Waals surface area contributed by atoms with Gasteiger partial charge in [0.1, 0.15) is 6.61 Å². The van der Waals surface area contributed by atoms with Crippen molar-refractivity contribution in [3.63, 3.8) is 0 Å². The minimum atomic E-state index is -0.460. The second-order valence-corrected chi connectivity index (χ2v) is 6.01. The van der Waals surface area contributed by atoms with E-state index in [1.165, 1.54) is 0 Å². The molecule has 2 rings (SSSR count). The van der Waals surface area contributed by atoms with E-state index in [0.717, 1.165) is 13.6 Å². The molecule has 0 fully saturated rings. The summed E-state index contributed by atoms with van der Waals surface area (Å²) in [5, 5.41) is 2.70. The van der Waals surface area contributed by atoms with Crippen molar-refractivity contribution in [2.45, 2.75) is 6.61 Å². The zero-order valence-corrected chi connectivity index (χ0v) is 13.6. The standard InChI is InChI=1S/C14H11BrINO2/c15-11-6-12(16)8-13(7-11)17-14(18)19-9-10-4-2-1-3-5-10/h1-8H,9H2,(H,17,18). The first-order valence-electron chi connectivity index (χ1n) is 5.57. The summed E-state index contributed by atoms with van der Waals surface area (Å²) in [6, 6.07) is 15.2. The predicted molar refractivity (Wildman–Crippen MR) is 87.1 cm³/mol. The summed E-state index contributed by atoms with van der Waals surface area (Å²) in [5.74, 6) is 0. The van der Waals surface area contributed by atoms with Gasteiger partial charge in [-0.1, -0.05) is 46.3 Å². The van der Waals surface area contributed by atoms with Gasteiger partial charge in [0, 0.05) is 13.7 Å². The van der Waals surface area contributed by atoms with Crippen molar-refractivity contribution in [2.75, 3.05) is 5.32 Å². The van der Waals surface area contributed by atoms with Crippen LogP contribution in [0.1, 0.15) is 5.56 Å². The molecule has 5 heteroatoms. The van der Waals surface area contributed by atoms with E-state index >= 15 is 0 Å². The first-order chi connectivity index (χ1) is 9.13. The van der Waals surface area contributed by atoms with E-state index in [9.17, 15) is 4.79 Å². The molecule has 0 unspecified atom stereocenters. The SMILES string of the molecule is O=C(Nc1cc(Br)cc(I)c1)OCc1ccccc1. The van der Waals surface area contributed by atoms with E-state index < -0.39 is 6.09 Å². The number of carbonyl (C=O) groups is 1. The van der Waals surface area contributed by atoms with Crippen LogP contribution in [-0.4, -0.2) is 6.09 Å². The molecule has 0 radical (unpaired) electrons. The van der Waals surface area contributed by atoms with Crippen LogP contribution in [0.5, 0.6) is 0 Å². The third-order valence-electron chi connectivity index (χ3n) is 2.32. The summed E-state index contributed by atoms with van der Waals surface area (Å²) in [5.41, 5.74) is 1.67. The lowest BCUT2D eigenvalue weighted by atomic mass is 10.2. The van der Waals surface area contributed by atoms with Gasteiger partial charge in [-0.15, -0.1) is 0 Å². The Labute approximate surface area is 133 Å². The van der Waals surface area contributed by atoms with Crippen molar-refractivity contribution in [1.82, 2.24) is 0 Å². The Bertz CT molecular complexity index is 555. The summed E-state index contributed by atoms with van der Waals surface area (Å²) in [6.45, 7) is 0.262. The van der Waals surface area contributed by atoms with Gasteiger partial charge in [-0.2, -0.15) is 0 Å². The maximum atomic E-state index is 11.7. The summed E-state index contributed by atoms with van der Waals surface area (Å²) >= 11 is 5.57. The number of anilines is 1. The normalized spacial score (nSPS) is 10.0. The number of hydrogen-bond donors (Lipinski definition) is 1. The van der Waals surface area contributed by atoms with Crippen molar-refractivity contribution in [2.24, 2.45) is 0 Å². The molecule has 1 amide bonds. The highest BCUT2D eigenvalue weighted by Gasteiger charge is 2.05. The summed E-state index contributed by atoms with van der Waals surface area (Å²) < 4.78 is 7.09. The first kappa shape index (κ1) is 14.3. The van der Waals surface area contributed by atoms with Crippen molar-refractivity contribution in [3.05, 3.63) is 62.1 Å². The van der Waals surface area contributed by atoms with Crippen molar-refractivity contribution < 1.29 is 9.53 Å². The highest BCUT2D eigenvalue weighted by Crippen LogP contribution is 2.21. The smallest absolute Gasteiger partial charge is 0.411 e. The van der Waals surface area contributed by atoms with Gasteiger partial charge in [0.05, 0.1) is 0 Å². The average molecular weight is 432 g/mol. The molecule has 0 spiro atoms. The van der Waals surface area contributed by atoms with Gasteiger partial charge < -0.3 is 4.74 Å². The molecule has 98 valence electrons.